The molecule has 1 N–H and O–H groups in total. The van der Waals surface area contributed by atoms with Crippen molar-refractivity contribution in [3.05, 3.63) is 35.9 Å². The van der Waals surface area contributed by atoms with Gasteiger partial charge in [-0.1, -0.05) is 43.2 Å². The quantitative estimate of drug-likeness (QED) is 0.857. The fourth-order valence-corrected chi connectivity index (χ4v) is 3.86. The van der Waals surface area contributed by atoms with Gasteiger partial charge >= 0.3 is 0 Å². The average molecular weight is 343 g/mol. The lowest BCUT2D eigenvalue weighted by Crippen LogP contribution is -2.44. The van der Waals surface area contributed by atoms with E-state index < -0.39 is 0 Å². The molecule has 5 nitrogen and oxygen atoms in total. The summed E-state index contributed by atoms with van der Waals surface area (Å²) in [5.74, 6) is 0.265. The van der Waals surface area contributed by atoms with Gasteiger partial charge in [-0.25, -0.2) is 0 Å². The molecule has 136 valence electrons. The normalized spacial score (nSPS) is 22.0. The highest BCUT2D eigenvalue weighted by Gasteiger charge is 2.35. The number of rotatable bonds is 6. The van der Waals surface area contributed by atoms with Gasteiger partial charge in [-0.3, -0.25) is 14.5 Å². The zero-order valence-corrected chi connectivity index (χ0v) is 15.0. The standard InChI is InChI=1S/C20H29N3O2/c24-19(16-17-8-4-3-5-9-17)21-11-15-23-14-10-18(20(23)25)22-12-6-1-2-7-13-22/h3-5,8-9,18H,1-2,6-7,10-16H2,(H,21,24)/t18-/m0/s1. The van der Waals surface area contributed by atoms with Crippen molar-refractivity contribution >= 4 is 11.8 Å². The third-order valence-electron chi connectivity index (χ3n) is 5.26. The zero-order chi connectivity index (χ0) is 17.5. The highest BCUT2D eigenvalue weighted by atomic mass is 16.2. The maximum Gasteiger partial charge on any atom is 0.240 e. The van der Waals surface area contributed by atoms with Gasteiger partial charge in [0, 0.05) is 19.6 Å². The molecular formula is C20H29N3O2. The monoisotopic (exact) mass is 343 g/mol. The minimum atomic E-state index is 0.0157. The molecule has 0 radical (unpaired) electrons. The van der Waals surface area contributed by atoms with E-state index in [1.54, 1.807) is 0 Å². The molecule has 2 aliphatic rings. The maximum absolute atomic E-state index is 12.7. The van der Waals surface area contributed by atoms with E-state index >= 15 is 0 Å². The predicted octanol–water partition coefficient (Wildman–Crippen LogP) is 1.82. The van der Waals surface area contributed by atoms with E-state index in [2.05, 4.69) is 10.2 Å². The Bertz CT molecular complexity index is 568. The van der Waals surface area contributed by atoms with Gasteiger partial charge in [0.15, 0.2) is 0 Å². The second-order valence-corrected chi connectivity index (χ2v) is 7.09. The van der Waals surface area contributed by atoms with Gasteiger partial charge in [-0.15, -0.1) is 0 Å². The van der Waals surface area contributed by atoms with Gasteiger partial charge in [-0.2, -0.15) is 0 Å². The highest BCUT2D eigenvalue weighted by molar-refractivity contribution is 5.84. The van der Waals surface area contributed by atoms with E-state index in [1.807, 2.05) is 35.2 Å². The van der Waals surface area contributed by atoms with E-state index in [4.69, 9.17) is 0 Å². The summed E-state index contributed by atoms with van der Waals surface area (Å²) in [6, 6.07) is 9.80. The van der Waals surface area contributed by atoms with Crippen LogP contribution < -0.4 is 5.32 Å². The van der Waals surface area contributed by atoms with Gasteiger partial charge in [0.25, 0.3) is 0 Å². The molecule has 1 aromatic carbocycles. The highest BCUT2D eigenvalue weighted by Crippen LogP contribution is 2.20. The molecular weight excluding hydrogens is 314 g/mol. The van der Waals surface area contributed by atoms with Crippen LogP contribution in [0.15, 0.2) is 30.3 Å². The Hall–Kier alpha value is -1.88. The number of nitrogens with one attached hydrogen (secondary N) is 1. The van der Waals surface area contributed by atoms with Crippen molar-refractivity contribution in [1.82, 2.24) is 15.1 Å². The third-order valence-corrected chi connectivity index (χ3v) is 5.26. The lowest BCUT2D eigenvalue weighted by atomic mass is 10.1. The minimum Gasteiger partial charge on any atom is -0.354 e. The molecule has 2 fully saturated rings. The molecule has 5 heteroatoms. The Morgan fingerprint density at radius 1 is 1.04 bits per heavy atom. The molecule has 0 bridgehead atoms. The summed E-state index contributed by atoms with van der Waals surface area (Å²) in [6.07, 6.45) is 6.31. The Balaban J connectivity index is 1.40. The zero-order valence-electron chi connectivity index (χ0n) is 15.0. The third kappa shape index (κ3) is 5.05. The fourth-order valence-electron chi connectivity index (χ4n) is 3.86. The molecule has 0 aliphatic carbocycles. The number of carbonyl (C=O) groups is 2. The lowest BCUT2D eigenvalue weighted by Gasteiger charge is -2.26. The summed E-state index contributed by atoms with van der Waals surface area (Å²) in [5.41, 5.74) is 1.01. The van der Waals surface area contributed by atoms with Crippen molar-refractivity contribution in [3.63, 3.8) is 0 Å². The number of hydrogen-bond donors (Lipinski definition) is 1. The first-order valence-electron chi connectivity index (χ1n) is 9.57. The van der Waals surface area contributed by atoms with E-state index in [9.17, 15) is 9.59 Å². The number of hydrogen-bond acceptors (Lipinski definition) is 3. The van der Waals surface area contributed by atoms with E-state index in [0.717, 1.165) is 31.6 Å². The molecule has 0 saturated carbocycles. The summed E-state index contributed by atoms with van der Waals surface area (Å²) < 4.78 is 0. The Morgan fingerprint density at radius 2 is 1.76 bits per heavy atom. The molecule has 1 aromatic rings. The molecule has 0 aromatic heterocycles. The SMILES string of the molecule is O=C(Cc1ccccc1)NCCN1CC[C@H](N2CCCCCC2)C1=O. The van der Waals surface area contributed by atoms with Crippen molar-refractivity contribution in [2.24, 2.45) is 0 Å². The van der Waals surface area contributed by atoms with Crippen molar-refractivity contribution in [2.45, 2.75) is 44.6 Å². The van der Waals surface area contributed by atoms with Crippen LogP contribution in [0.1, 0.15) is 37.7 Å². The van der Waals surface area contributed by atoms with E-state index in [0.29, 0.717) is 19.5 Å². The van der Waals surface area contributed by atoms with Crippen LogP contribution in [-0.4, -0.2) is 60.4 Å². The molecule has 3 rings (SSSR count). The van der Waals surface area contributed by atoms with Gasteiger partial charge in [-0.05, 0) is 37.9 Å². The van der Waals surface area contributed by atoms with Gasteiger partial charge < -0.3 is 10.2 Å². The van der Waals surface area contributed by atoms with Gasteiger partial charge in [0.1, 0.15) is 0 Å². The Labute approximate surface area is 150 Å². The Kier molecular flexibility index (Phi) is 6.45. The van der Waals surface area contributed by atoms with Crippen molar-refractivity contribution in [1.29, 1.82) is 0 Å². The number of likely N-dealkylation sites (tertiary alicyclic amines) is 2. The molecule has 2 aliphatic heterocycles. The first-order chi connectivity index (χ1) is 12.2. The first kappa shape index (κ1) is 17.9. The smallest absolute Gasteiger partial charge is 0.240 e. The number of nitrogens with zero attached hydrogens (tertiary/aromatic N) is 2. The van der Waals surface area contributed by atoms with Crippen LogP contribution in [0.2, 0.25) is 0 Å². The molecule has 0 unspecified atom stereocenters. The number of benzene rings is 1. The summed E-state index contributed by atoms with van der Waals surface area (Å²) in [6.45, 7) is 4.07. The van der Waals surface area contributed by atoms with Crippen molar-refractivity contribution in [3.8, 4) is 0 Å². The second kappa shape index (κ2) is 8.99. The van der Waals surface area contributed by atoms with Crippen LogP contribution >= 0.6 is 0 Å². The van der Waals surface area contributed by atoms with Crippen LogP contribution in [-0.2, 0) is 16.0 Å². The largest absolute Gasteiger partial charge is 0.354 e. The Morgan fingerprint density at radius 3 is 2.48 bits per heavy atom. The van der Waals surface area contributed by atoms with Crippen LogP contribution in [0, 0.1) is 0 Å². The predicted molar refractivity (Wildman–Crippen MR) is 98.2 cm³/mol. The summed E-state index contributed by atoms with van der Waals surface area (Å²) in [5, 5.41) is 2.94. The first-order valence-corrected chi connectivity index (χ1v) is 9.57. The molecule has 1 atom stereocenters. The summed E-state index contributed by atoms with van der Waals surface area (Å²) >= 11 is 0. The second-order valence-electron chi connectivity index (χ2n) is 7.09. The topological polar surface area (TPSA) is 52.7 Å². The summed E-state index contributed by atoms with van der Waals surface area (Å²) in [4.78, 5) is 28.9. The molecule has 2 heterocycles. The number of amides is 2. The average Bonchev–Trinajstić information content (AvgIpc) is 2.83. The molecule has 2 amide bonds. The fraction of sp³-hybridized carbons (Fsp3) is 0.600. The maximum atomic E-state index is 12.7. The van der Waals surface area contributed by atoms with E-state index in [-0.39, 0.29) is 17.9 Å². The van der Waals surface area contributed by atoms with Crippen molar-refractivity contribution in [2.75, 3.05) is 32.7 Å². The van der Waals surface area contributed by atoms with Crippen LogP contribution in [0.3, 0.4) is 0 Å². The molecule has 0 spiro atoms. The van der Waals surface area contributed by atoms with Crippen molar-refractivity contribution < 1.29 is 9.59 Å². The molecule has 25 heavy (non-hydrogen) atoms. The van der Waals surface area contributed by atoms with Crippen LogP contribution in [0.5, 0.6) is 0 Å². The lowest BCUT2D eigenvalue weighted by molar-refractivity contribution is -0.132. The van der Waals surface area contributed by atoms with Crippen LogP contribution in [0.25, 0.3) is 0 Å². The van der Waals surface area contributed by atoms with Gasteiger partial charge in [0.05, 0.1) is 12.5 Å². The minimum absolute atomic E-state index is 0.0157. The van der Waals surface area contributed by atoms with E-state index in [1.165, 1.54) is 25.7 Å². The summed E-state index contributed by atoms with van der Waals surface area (Å²) in [7, 11) is 0. The number of carbonyl (C=O) groups excluding carboxylic acids is 2. The molecule has 2 saturated heterocycles. The van der Waals surface area contributed by atoms with Gasteiger partial charge in [0.2, 0.25) is 11.8 Å². The van der Waals surface area contributed by atoms with Crippen LogP contribution in [0.4, 0.5) is 0 Å².